The minimum absolute atomic E-state index is 0.291. The third kappa shape index (κ3) is 5.38. The van der Waals surface area contributed by atoms with Crippen molar-refractivity contribution in [3.8, 4) is 5.75 Å². The van der Waals surface area contributed by atoms with Gasteiger partial charge in [-0.05, 0) is 37.5 Å². The standard InChI is InChI=1S/C15H24N2O3S/c1-10(2)7-8-21(19)11(3)15(18)17-13-9-12(16)5-6-14(13)20-4/h5-6,9-11H,7-8,16H2,1-4H3,(H,17,18). The summed E-state index contributed by atoms with van der Waals surface area (Å²) in [6, 6.07) is 5.00. The van der Waals surface area contributed by atoms with Crippen LogP contribution in [0.3, 0.4) is 0 Å². The Bertz CT molecular complexity index is 518. The molecule has 5 nitrogen and oxygen atoms in total. The van der Waals surface area contributed by atoms with Crippen molar-refractivity contribution in [2.45, 2.75) is 32.4 Å². The second-order valence-corrected chi connectivity index (χ2v) is 7.24. The average Bonchev–Trinajstić information content (AvgIpc) is 2.44. The molecule has 0 fully saturated rings. The lowest BCUT2D eigenvalue weighted by atomic mass is 10.2. The SMILES string of the molecule is COc1ccc(N)cc1NC(=O)C(C)S(=O)CCC(C)C. The maximum Gasteiger partial charge on any atom is 0.239 e. The normalized spacial score (nSPS) is 13.8. The van der Waals surface area contributed by atoms with Gasteiger partial charge in [-0.15, -0.1) is 0 Å². The third-order valence-electron chi connectivity index (χ3n) is 3.14. The summed E-state index contributed by atoms with van der Waals surface area (Å²) in [4.78, 5) is 12.2. The highest BCUT2D eigenvalue weighted by molar-refractivity contribution is 7.86. The number of benzene rings is 1. The van der Waals surface area contributed by atoms with E-state index in [1.54, 1.807) is 25.1 Å². The topological polar surface area (TPSA) is 81.4 Å². The lowest BCUT2D eigenvalue weighted by Crippen LogP contribution is -2.30. The van der Waals surface area contributed by atoms with Gasteiger partial charge in [-0.25, -0.2) is 0 Å². The number of hydrogen-bond donors (Lipinski definition) is 2. The Morgan fingerprint density at radius 3 is 2.62 bits per heavy atom. The summed E-state index contributed by atoms with van der Waals surface area (Å²) in [6.07, 6.45) is 0.839. The number of hydrogen-bond acceptors (Lipinski definition) is 4. The number of nitrogen functional groups attached to an aromatic ring is 1. The summed E-state index contributed by atoms with van der Waals surface area (Å²) in [5, 5.41) is 2.16. The molecule has 1 rings (SSSR count). The minimum Gasteiger partial charge on any atom is -0.495 e. The van der Waals surface area contributed by atoms with Gasteiger partial charge in [-0.1, -0.05) is 13.8 Å². The van der Waals surface area contributed by atoms with Crippen molar-refractivity contribution in [3.63, 3.8) is 0 Å². The first-order valence-corrected chi connectivity index (χ1v) is 8.35. The lowest BCUT2D eigenvalue weighted by Gasteiger charge is -2.15. The van der Waals surface area contributed by atoms with E-state index in [2.05, 4.69) is 19.2 Å². The molecule has 1 aromatic rings. The molecule has 21 heavy (non-hydrogen) atoms. The summed E-state index contributed by atoms with van der Waals surface area (Å²) in [7, 11) is 0.332. The predicted octanol–water partition coefficient (Wildman–Crippen LogP) is 2.40. The fraction of sp³-hybridized carbons (Fsp3) is 0.533. The van der Waals surface area contributed by atoms with Gasteiger partial charge in [-0.3, -0.25) is 9.00 Å². The monoisotopic (exact) mass is 312 g/mol. The molecule has 2 unspecified atom stereocenters. The van der Waals surface area contributed by atoms with Crippen LogP contribution in [0, 0.1) is 5.92 Å². The summed E-state index contributed by atoms with van der Waals surface area (Å²) in [6.45, 7) is 5.81. The zero-order chi connectivity index (χ0) is 16.0. The van der Waals surface area contributed by atoms with Crippen molar-refractivity contribution < 1.29 is 13.7 Å². The highest BCUT2D eigenvalue weighted by Gasteiger charge is 2.21. The second-order valence-electron chi connectivity index (χ2n) is 5.36. The lowest BCUT2D eigenvalue weighted by molar-refractivity contribution is -0.115. The molecule has 3 N–H and O–H groups in total. The minimum atomic E-state index is -1.19. The van der Waals surface area contributed by atoms with E-state index >= 15 is 0 Å². The molecule has 0 aliphatic rings. The van der Waals surface area contributed by atoms with Crippen LogP contribution in [0.1, 0.15) is 27.2 Å². The molecule has 0 saturated heterocycles. The van der Waals surface area contributed by atoms with Gasteiger partial charge in [-0.2, -0.15) is 0 Å². The molecule has 0 aliphatic carbocycles. The van der Waals surface area contributed by atoms with E-state index in [0.717, 1.165) is 6.42 Å². The smallest absolute Gasteiger partial charge is 0.239 e. The van der Waals surface area contributed by atoms with E-state index in [-0.39, 0.29) is 5.91 Å². The first kappa shape index (κ1) is 17.5. The molecular weight excluding hydrogens is 288 g/mol. The second kappa shape index (κ2) is 8.02. The van der Waals surface area contributed by atoms with Crippen LogP contribution in [-0.2, 0) is 15.6 Å². The van der Waals surface area contributed by atoms with Gasteiger partial charge in [0.1, 0.15) is 11.0 Å². The Balaban J connectivity index is 2.72. The molecule has 0 heterocycles. The Kier molecular flexibility index (Phi) is 6.68. The van der Waals surface area contributed by atoms with Crippen molar-refractivity contribution in [2.75, 3.05) is 23.9 Å². The van der Waals surface area contributed by atoms with E-state index in [0.29, 0.717) is 28.8 Å². The van der Waals surface area contributed by atoms with Crippen molar-refractivity contribution >= 4 is 28.1 Å². The zero-order valence-electron chi connectivity index (χ0n) is 13.0. The molecule has 6 heteroatoms. The number of carbonyl (C=O) groups is 1. The van der Waals surface area contributed by atoms with Gasteiger partial charge in [0, 0.05) is 22.2 Å². The van der Waals surface area contributed by atoms with Gasteiger partial charge in [0.2, 0.25) is 5.91 Å². The maximum absolute atomic E-state index is 12.2. The number of carbonyl (C=O) groups excluding carboxylic acids is 1. The fourth-order valence-corrected chi connectivity index (χ4v) is 3.06. The molecule has 0 aromatic heterocycles. The maximum atomic E-state index is 12.2. The predicted molar refractivity (Wildman–Crippen MR) is 88.0 cm³/mol. The molecule has 2 atom stereocenters. The van der Waals surface area contributed by atoms with E-state index in [1.807, 2.05) is 0 Å². The van der Waals surface area contributed by atoms with Crippen molar-refractivity contribution in [1.82, 2.24) is 0 Å². The molecular formula is C15H24N2O3S. The molecule has 0 aliphatic heterocycles. The summed E-state index contributed by atoms with van der Waals surface area (Å²) in [5.74, 6) is 1.23. The first-order valence-electron chi connectivity index (χ1n) is 6.96. The van der Waals surface area contributed by atoms with Crippen LogP contribution >= 0.6 is 0 Å². The Hall–Kier alpha value is -1.56. The molecule has 0 bridgehead atoms. The molecule has 0 radical (unpaired) electrons. The van der Waals surface area contributed by atoms with Crippen LogP contribution in [0.15, 0.2) is 18.2 Å². The van der Waals surface area contributed by atoms with E-state index in [1.165, 1.54) is 7.11 Å². The highest BCUT2D eigenvalue weighted by atomic mass is 32.2. The van der Waals surface area contributed by atoms with E-state index < -0.39 is 16.0 Å². The van der Waals surface area contributed by atoms with Gasteiger partial charge >= 0.3 is 0 Å². The van der Waals surface area contributed by atoms with Crippen molar-refractivity contribution in [3.05, 3.63) is 18.2 Å². The summed E-state index contributed by atoms with van der Waals surface area (Å²) < 4.78 is 17.3. The number of methoxy groups -OCH3 is 1. The summed E-state index contributed by atoms with van der Waals surface area (Å²) in [5.41, 5.74) is 6.73. The highest BCUT2D eigenvalue weighted by Crippen LogP contribution is 2.26. The Morgan fingerprint density at radius 2 is 2.05 bits per heavy atom. The molecule has 0 spiro atoms. The van der Waals surface area contributed by atoms with Gasteiger partial charge in [0.25, 0.3) is 0 Å². The Morgan fingerprint density at radius 1 is 1.38 bits per heavy atom. The van der Waals surface area contributed by atoms with Crippen LogP contribution < -0.4 is 15.8 Å². The van der Waals surface area contributed by atoms with Gasteiger partial charge < -0.3 is 15.8 Å². The van der Waals surface area contributed by atoms with Crippen LogP contribution in [-0.4, -0.2) is 28.2 Å². The number of rotatable bonds is 7. The first-order chi connectivity index (χ1) is 9.85. The summed E-state index contributed by atoms with van der Waals surface area (Å²) >= 11 is 0. The largest absolute Gasteiger partial charge is 0.495 e. The zero-order valence-corrected chi connectivity index (χ0v) is 13.8. The van der Waals surface area contributed by atoms with Crippen LogP contribution in [0.4, 0.5) is 11.4 Å². The number of amides is 1. The van der Waals surface area contributed by atoms with Crippen LogP contribution in [0.2, 0.25) is 0 Å². The van der Waals surface area contributed by atoms with Gasteiger partial charge in [0.05, 0.1) is 12.8 Å². The van der Waals surface area contributed by atoms with Crippen molar-refractivity contribution in [2.24, 2.45) is 5.92 Å². The third-order valence-corrected chi connectivity index (χ3v) is 4.78. The molecule has 0 saturated carbocycles. The molecule has 1 aromatic carbocycles. The van der Waals surface area contributed by atoms with Crippen LogP contribution in [0.25, 0.3) is 0 Å². The fourth-order valence-electron chi connectivity index (χ4n) is 1.71. The van der Waals surface area contributed by atoms with Crippen molar-refractivity contribution in [1.29, 1.82) is 0 Å². The Labute approximate surface area is 128 Å². The quantitative estimate of drug-likeness (QED) is 0.758. The molecule has 1 amide bonds. The number of nitrogens with two attached hydrogens (primary N) is 1. The van der Waals surface area contributed by atoms with E-state index in [4.69, 9.17) is 10.5 Å². The van der Waals surface area contributed by atoms with Gasteiger partial charge in [0.15, 0.2) is 0 Å². The number of anilines is 2. The average molecular weight is 312 g/mol. The number of ether oxygens (including phenoxy) is 1. The molecule has 118 valence electrons. The van der Waals surface area contributed by atoms with Crippen LogP contribution in [0.5, 0.6) is 5.75 Å². The number of nitrogens with one attached hydrogen (secondary N) is 1. The van der Waals surface area contributed by atoms with E-state index in [9.17, 15) is 9.00 Å².